The molecule has 0 aliphatic carbocycles. The molecule has 3 amide bonds. The zero-order valence-corrected chi connectivity index (χ0v) is 12.7. The van der Waals surface area contributed by atoms with Crippen LogP contribution in [0.1, 0.15) is 33.6 Å². The van der Waals surface area contributed by atoms with Gasteiger partial charge in [0, 0.05) is 6.54 Å². The first kappa shape index (κ1) is 18.4. The number of carbonyl (C=O) groups excluding carboxylic acids is 3. The van der Waals surface area contributed by atoms with E-state index in [4.69, 9.17) is 5.73 Å². The monoisotopic (exact) mass is 286 g/mol. The molecule has 0 aromatic carbocycles. The van der Waals surface area contributed by atoms with Crippen molar-refractivity contribution in [1.82, 2.24) is 16.0 Å². The molecular formula is C13H26N4O3. The third-order valence-corrected chi connectivity index (χ3v) is 3.04. The molecule has 116 valence electrons. The van der Waals surface area contributed by atoms with Crippen LogP contribution in [0.5, 0.6) is 0 Å². The van der Waals surface area contributed by atoms with Crippen molar-refractivity contribution in [3.8, 4) is 0 Å². The van der Waals surface area contributed by atoms with E-state index in [1.165, 1.54) is 6.92 Å². The fraction of sp³-hybridized carbons (Fsp3) is 0.769. The molecule has 1 unspecified atom stereocenters. The Morgan fingerprint density at radius 2 is 1.80 bits per heavy atom. The fourth-order valence-electron chi connectivity index (χ4n) is 1.92. The Hall–Kier alpha value is -1.63. The Labute approximate surface area is 120 Å². The van der Waals surface area contributed by atoms with E-state index in [0.717, 1.165) is 0 Å². The Kier molecular flexibility index (Phi) is 8.54. The summed E-state index contributed by atoms with van der Waals surface area (Å²) >= 11 is 0. The van der Waals surface area contributed by atoms with E-state index in [1.807, 2.05) is 13.8 Å². The summed E-state index contributed by atoms with van der Waals surface area (Å²) in [7, 11) is 1.71. The summed E-state index contributed by atoms with van der Waals surface area (Å²) in [6.45, 7) is 5.69. The lowest BCUT2D eigenvalue weighted by atomic mass is 10.0. The first-order chi connectivity index (χ1) is 9.29. The second kappa shape index (κ2) is 9.30. The Balaban J connectivity index is 4.36. The van der Waals surface area contributed by atoms with Gasteiger partial charge in [-0.2, -0.15) is 0 Å². The zero-order valence-electron chi connectivity index (χ0n) is 12.7. The Morgan fingerprint density at radius 3 is 2.20 bits per heavy atom. The van der Waals surface area contributed by atoms with E-state index in [0.29, 0.717) is 19.4 Å². The molecule has 0 radical (unpaired) electrons. The predicted molar refractivity (Wildman–Crippen MR) is 77.1 cm³/mol. The number of nitrogens with one attached hydrogen (secondary N) is 3. The average molecular weight is 286 g/mol. The maximum absolute atomic E-state index is 12.1. The van der Waals surface area contributed by atoms with Gasteiger partial charge in [0.1, 0.15) is 0 Å². The van der Waals surface area contributed by atoms with Crippen molar-refractivity contribution in [1.29, 1.82) is 0 Å². The lowest BCUT2D eigenvalue weighted by molar-refractivity contribution is -0.129. The second-order valence-electron chi connectivity index (χ2n) is 5.12. The highest BCUT2D eigenvalue weighted by molar-refractivity contribution is 5.89. The van der Waals surface area contributed by atoms with Gasteiger partial charge in [0.05, 0.1) is 12.1 Å². The van der Waals surface area contributed by atoms with E-state index in [1.54, 1.807) is 7.05 Å². The highest BCUT2D eigenvalue weighted by Gasteiger charge is 2.24. The van der Waals surface area contributed by atoms with E-state index < -0.39 is 12.1 Å². The fourth-order valence-corrected chi connectivity index (χ4v) is 1.92. The van der Waals surface area contributed by atoms with E-state index >= 15 is 0 Å². The lowest BCUT2D eigenvalue weighted by Crippen LogP contribution is -2.51. The summed E-state index contributed by atoms with van der Waals surface area (Å²) < 4.78 is 0. The number of likely N-dealkylation sites (N-methyl/N-ethyl adjacent to an activating group) is 1. The summed E-state index contributed by atoms with van der Waals surface area (Å²) in [4.78, 5) is 34.1. The van der Waals surface area contributed by atoms with Gasteiger partial charge in [-0.25, -0.2) is 4.79 Å². The van der Waals surface area contributed by atoms with Crippen LogP contribution in [0.15, 0.2) is 0 Å². The highest BCUT2D eigenvalue weighted by Crippen LogP contribution is 2.04. The van der Waals surface area contributed by atoms with Gasteiger partial charge in [-0.1, -0.05) is 13.8 Å². The molecule has 0 fully saturated rings. The zero-order chi connectivity index (χ0) is 15.7. The molecule has 7 heteroatoms. The van der Waals surface area contributed by atoms with Gasteiger partial charge in [-0.3, -0.25) is 9.59 Å². The number of nitrogens with two attached hydrogens (primary N) is 1. The van der Waals surface area contributed by atoms with Crippen LogP contribution in [0.2, 0.25) is 0 Å². The number of rotatable bonds is 9. The molecule has 5 N–H and O–H groups in total. The number of carbonyl (C=O) groups is 3. The van der Waals surface area contributed by atoms with Gasteiger partial charge >= 0.3 is 6.03 Å². The topological polar surface area (TPSA) is 113 Å². The maximum atomic E-state index is 12.1. The van der Waals surface area contributed by atoms with E-state index in [-0.39, 0.29) is 23.7 Å². The number of ketones is 1. The summed E-state index contributed by atoms with van der Waals surface area (Å²) in [6.07, 6.45) is 1.04. The lowest BCUT2D eigenvalue weighted by Gasteiger charge is -2.23. The Bertz CT molecular complexity index is 345. The van der Waals surface area contributed by atoms with Crippen molar-refractivity contribution in [3.63, 3.8) is 0 Å². The van der Waals surface area contributed by atoms with Gasteiger partial charge in [-0.05, 0) is 32.7 Å². The van der Waals surface area contributed by atoms with Crippen molar-refractivity contribution in [2.24, 2.45) is 11.7 Å². The third-order valence-electron chi connectivity index (χ3n) is 3.04. The van der Waals surface area contributed by atoms with Crippen molar-refractivity contribution >= 4 is 17.7 Å². The number of hydrogen-bond acceptors (Lipinski definition) is 4. The van der Waals surface area contributed by atoms with Crippen LogP contribution >= 0.6 is 0 Å². The second-order valence-corrected chi connectivity index (χ2v) is 5.12. The van der Waals surface area contributed by atoms with Crippen LogP contribution in [0.25, 0.3) is 0 Å². The average Bonchev–Trinajstić information content (AvgIpc) is 2.32. The van der Waals surface area contributed by atoms with Crippen LogP contribution in [-0.4, -0.2) is 43.4 Å². The SMILES string of the molecule is CNC(C(=O)N[C@@H](CCCNC(N)=O)C(C)=O)C(C)C. The van der Waals surface area contributed by atoms with Crippen LogP contribution in [0.4, 0.5) is 4.79 Å². The summed E-state index contributed by atoms with van der Waals surface area (Å²) in [5.41, 5.74) is 4.95. The van der Waals surface area contributed by atoms with Crippen molar-refractivity contribution in [2.45, 2.75) is 45.7 Å². The van der Waals surface area contributed by atoms with E-state index in [2.05, 4.69) is 16.0 Å². The molecule has 0 heterocycles. The van der Waals surface area contributed by atoms with Gasteiger partial charge in [0.2, 0.25) is 5.91 Å². The van der Waals surface area contributed by atoms with Gasteiger partial charge < -0.3 is 21.7 Å². The van der Waals surface area contributed by atoms with Gasteiger partial charge in [0.15, 0.2) is 5.78 Å². The molecule has 0 aromatic rings. The highest BCUT2D eigenvalue weighted by atomic mass is 16.2. The molecule has 0 saturated carbocycles. The number of amides is 3. The molecule has 7 nitrogen and oxygen atoms in total. The van der Waals surface area contributed by atoms with Crippen LogP contribution in [-0.2, 0) is 9.59 Å². The molecular weight excluding hydrogens is 260 g/mol. The summed E-state index contributed by atoms with van der Waals surface area (Å²) in [5, 5.41) is 8.12. The summed E-state index contributed by atoms with van der Waals surface area (Å²) in [6, 6.07) is -1.46. The smallest absolute Gasteiger partial charge is 0.312 e. The largest absolute Gasteiger partial charge is 0.352 e. The van der Waals surface area contributed by atoms with Crippen molar-refractivity contribution < 1.29 is 14.4 Å². The molecule has 20 heavy (non-hydrogen) atoms. The normalized spacial score (nSPS) is 13.7. The van der Waals surface area contributed by atoms with Crippen molar-refractivity contribution in [2.75, 3.05) is 13.6 Å². The van der Waals surface area contributed by atoms with Crippen LogP contribution in [0, 0.1) is 5.92 Å². The van der Waals surface area contributed by atoms with E-state index in [9.17, 15) is 14.4 Å². The molecule has 0 spiro atoms. The molecule has 0 rings (SSSR count). The minimum Gasteiger partial charge on any atom is -0.352 e. The van der Waals surface area contributed by atoms with Crippen LogP contribution < -0.4 is 21.7 Å². The Morgan fingerprint density at radius 1 is 1.20 bits per heavy atom. The predicted octanol–water partition coefficient (Wildman–Crippen LogP) is -0.247. The molecule has 0 bridgehead atoms. The summed E-state index contributed by atoms with van der Waals surface area (Å²) in [5.74, 6) is -0.161. The molecule has 2 atom stereocenters. The number of urea groups is 1. The maximum Gasteiger partial charge on any atom is 0.312 e. The van der Waals surface area contributed by atoms with Gasteiger partial charge in [-0.15, -0.1) is 0 Å². The molecule has 0 aliphatic rings. The third kappa shape index (κ3) is 7.08. The van der Waals surface area contributed by atoms with Gasteiger partial charge in [0.25, 0.3) is 0 Å². The molecule has 0 aliphatic heterocycles. The van der Waals surface area contributed by atoms with Crippen molar-refractivity contribution in [3.05, 3.63) is 0 Å². The number of hydrogen-bond donors (Lipinski definition) is 4. The standard InChI is InChI=1S/C13H26N4O3/c1-8(2)11(15-4)12(19)17-10(9(3)18)6-5-7-16-13(14)20/h8,10-11,15H,5-7H2,1-4H3,(H,17,19)(H3,14,16,20)/t10-,11?/m0/s1. The number of Topliss-reactive ketones (excluding diaryl/α,β-unsaturated/α-hetero) is 1. The molecule has 0 aromatic heterocycles. The minimum absolute atomic E-state index is 0.101. The van der Waals surface area contributed by atoms with Crippen LogP contribution in [0.3, 0.4) is 0 Å². The minimum atomic E-state index is -0.594. The first-order valence-corrected chi connectivity index (χ1v) is 6.81. The first-order valence-electron chi connectivity index (χ1n) is 6.81. The molecule has 0 saturated heterocycles. The number of primary amides is 1. The quantitative estimate of drug-likeness (QED) is 0.438.